The number of piperidine rings is 1. The number of halogens is 1. The standard InChI is InChI=1S/C21H25FN4O/c22-16-5-10-20-19(15-16)24-21(23)26(20)17-6-8-18(9-7-17)27-14-4-13-25-11-2-1-3-12-25/h5-10,15H,1-4,11-14H2,(H2,23,24). The summed E-state index contributed by atoms with van der Waals surface area (Å²) in [7, 11) is 0. The maximum Gasteiger partial charge on any atom is 0.205 e. The number of benzene rings is 2. The minimum atomic E-state index is -0.319. The van der Waals surface area contributed by atoms with Crippen LogP contribution in [0.1, 0.15) is 25.7 Å². The van der Waals surface area contributed by atoms with E-state index >= 15 is 0 Å². The highest BCUT2D eigenvalue weighted by Gasteiger charge is 2.11. The number of anilines is 1. The van der Waals surface area contributed by atoms with Crippen LogP contribution in [0.25, 0.3) is 16.7 Å². The number of likely N-dealkylation sites (tertiary alicyclic amines) is 1. The van der Waals surface area contributed by atoms with Crippen molar-refractivity contribution >= 4 is 17.0 Å². The zero-order chi connectivity index (χ0) is 18.6. The van der Waals surface area contributed by atoms with Gasteiger partial charge in [-0.3, -0.25) is 4.57 Å². The van der Waals surface area contributed by atoms with Crippen molar-refractivity contribution in [3.8, 4) is 11.4 Å². The van der Waals surface area contributed by atoms with Crippen LogP contribution in [0.2, 0.25) is 0 Å². The molecule has 0 unspecified atom stereocenters. The first kappa shape index (κ1) is 17.8. The van der Waals surface area contributed by atoms with Crippen molar-refractivity contribution < 1.29 is 9.13 Å². The molecule has 1 aromatic heterocycles. The summed E-state index contributed by atoms with van der Waals surface area (Å²) in [5, 5.41) is 0. The molecular weight excluding hydrogens is 343 g/mol. The molecular formula is C21H25FN4O. The van der Waals surface area contributed by atoms with Gasteiger partial charge in [0.1, 0.15) is 11.6 Å². The van der Waals surface area contributed by atoms with E-state index in [0.29, 0.717) is 18.1 Å². The van der Waals surface area contributed by atoms with Gasteiger partial charge in [0, 0.05) is 18.3 Å². The maximum atomic E-state index is 13.4. The molecule has 2 N–H and O–H groups in total. The first-order chi connectivity index (χ1) is 13.2. The average Bonchev–Trinajstić information content (AvgIpc) is 3.01. The summed E-state index contributed by atoms with van der Waals surface area (Å²) in [5.74, 6) is 0.859. The maximum absolute atomic E-state index is 13.4. The SMILES string of the molecule is Nc1nc2cc(F)ccc2n1-c1ccc(OCCCN2CCCCC2)cc1. The zero-order valence-corrected chi connectivity index (χ0v) is 15.4. The second-order valence-corrected chi connectivity index (χ2v) is 7.04. The van der Waals surface area contributed by atoms with Gasteiger partial charge in [0.05, 0.1) is 17.6 Å². The normalized spacial score (nSPS) is 15.3. The summed E-state index contributed by atoms with van der Waals surface area (Å²) in [5.41, 5.74) is 8.24. The molecule has 2 aromatic carbocycles. The first-order valence-electron chi connectivity index (χ1n) is 9.60. The molecule has 0 amide bonds. The summed E-state index contributed by atoms with van der Waals surface area (Å²) in [6, 6.07) is 12.3. The largest absolute Gasteiger partial charge is 0.494 e. The molecule has 0 radical (unpaired) electrons. The first-order valence-corrected chi connectivity index (χ1v) is 9.60. The number of aromatic nitrogens is 2. The number of hydrogen-bond acceptors (Lipinski definition) is 4. The number of fused-ring (bicyclic) bond motifs is 1. The van der Waals surface area contributed by atoms with E-state index in [1.807, 2.05) is 28.8 Å². The van der Waals surface area contributed by atoms with Crippen molar-refractivity contribution in [3.63, 3.8) is 0 Å². The topological polar surface area (TPSA) is 56.3 Å². The lowest BCUT2D eigenvalue weighted by Gasteiger charge is -2.26. The Balaban J connectivity index is 1.38. The lowest BCUT2D eigenvalue weighted by molar-refractivity contribution is 0.205. The van der Waals surface area contributed by atoms with Crippen molar-refractivity contribution in [2.24, 2.45) is 0 Å². The number of nitrogen functional groups attached to an aromatic ring is 1. The van der Waals surface area contributed by atoms with Gasteiger partial charge in [-0.1, -0.05) is 6.42 Å². The fourth-order valence-electron chi connectivity index (χ4n) is 3.70. The molecule has 142 valence electrons. The quantitative estimate of drug-likeness (QED) is 0.668. The van der Waals surface area contributed by atoms with Crippen molar-refractivity contribution in [3.05, 3.63) is 48.3 Å². The van der Waals surface area contributed by atoms with E-state index in [-0.39, 0.29) is 5.82 Å². The Labute approximate surface area is 158 Å². The molecule has 4 rings (SSSR count). The van der Waals surface area contributed by atoms with E-state index in [1.54, 1.807) is 6.07 Å². The second kappa shape index (κ2) is 7.96. The van der Waals surface area contributed by atoms with Gasteiger partial charge < -0.3 is 15.4 Å². The molecule has 3 aromatic rings. The van der Waals surface area contributed by atoms with Gasteiger partial charge >= 0.3 is 0 Å². The summed E-state index contributed by atoms with van der Waals surface area (Å²) < 4.78 is 21.1. The van der Waals surface area contributed by atoms with Crippen molar-refractivity contribution in [1.29, 1.82) is 0 Å². The molecule has 6 heteroatoms. The van der Waals surface area contributed by atoms with E-state index in [0.717, 1.165) is 29.9 Å². The highest BCUT2D eigenvalue weighted by atomic mass is 19.1. The average molecular weight is 368 g/mol. The Kier molecular flexibility index (Phi) is 5.25. The van der Waals surface area contributed by atoms with Gasteiger partial charge in [0.15, 0.2) is 0 Å². The van der Waals surface area contributed by atoms with E-state index in [1.165, 1.54) is 44.5 Å². The number of rotatable bonds is 6. The van der Waals surface area contributed by atoms with Gasteiger partial charge in [-0.25, -0.2) is 9.37 Å². The fourth-order valence-corrected chi connectivity index (χ4v) is 3.70. The minimum absolute atomic E-state index is 0.319. The molecule has 0 spiro atoms. The van der Waals surface area contributed by atoms with Gasteiger partial charge in [0.25, 0.3) is 0 Å². The van der Waals surface area contributed by atoms with Crippen molar-refractivity contribution in [1.82, 2.24) is 14.5 Å². The summed E-state index contributed by atoms with van der Waals surface area (Å²) >= 11 is 0. The van der Waals surface area contributed by atoms with Crippen molar-refractivity contribution in [2.45, 2.75) is 25.7 Å². The molecule has 27 heavy (non-hydrogen) atoms. The highest BCUT2D eigenvalue weighted by molar-refractivity contribution is 5.80. The van der Waals surface area contributed by atoms with Crippen molar-refractivity contribution in [2.75, 3.05) is 32.0 Å². The van der Waals surface area contributed by atoms with Crippen LogP contribution in [-0.2, 0) is 0 Å². The Bertz CT molecular complexity index is 900. The van der Waals surface area contributed by atoms with E-state index in [9.17, 15) is 4.39 Å². The van der Waals surface area contributed by atoms with E-state index in [4.69, 9.17) is 10.5 Å². The predicted molar refractivity (Wildman–Crippen MR) is 106 cm³/mol. The Hall–Kier alpha value is -2.60. The third-order valence-electron chi connectivity index (χ3n) is 5.07. The van der Waals surface area contributed by atoms with E-state index < -0.39 is 0 Å². The van der Waals surface area contributed by atoms with Crippen LogP contribution in [0.4, 0.5) is 10.3 Å². The summed E-state index contributed by atoms with van der Waals surface area (Å²) in [6.07, 6.45) is 5.04. The molecule has 0 bridgehead atoms. The van der Waals surface area contributed by atoms with Gasteiger partial charge in [-0.05, 0) is 68.8 Å². The smallest absolute Gasteiger partial charge is 0.205 e. The van der Waals surface area contributed by atoms with E-state index in [2.05, 4.69) is 9.88 Å². The van der Waals surface area contributed by atoms with Crippen LogP contribution >= 0.6 is 0 Å². The molecule has 1 fully saturated rings. The molecule has 1 saturated heterocycles. The van der Waals surface area contributed by atoms with Crippen LogP contribution in [0.3, 0.4) is 0 Å². The van der Waals surface area contributed by atoms with Crippen LogP contribution in [0.15, 0.2) is 42.5 Å². The molecule has 5 nitrogen and oxygen atoms in total. The van der Waals surface area contributed by atoms with Gasteiger partial charge in [0.2, 0.25) is 5.95 Å². The Morgan fingerprint density at radius 1 is 1.04 bits per heavy atom. The number of hydrogen-bond donors (Lipinski definition) is 1. The van der Waals surface area contributed by atoms with Gasteiger partial charge in [-0.2, -0.15) is 0 Å². The fraction of sp³-hybridized carbons (Fsp3) is 0.381. The van der Waals surface area contributed by atoms with Gasteiger partial charge in [-0.15, -0.1) is 0 Å². The lowest BCUT2D eigenvalue weighted by Crippen LogP contribution is -2.31. The third kappa shape index (κ3) is 4.06. The molecule has 0 saturated carbocycles. The molecule has 0 aliphatic carbocycles. The lowest BCUT2D eigenvalue weighted by atomic mass is 10.1. The minimum Gasteiger partial charge on any atom is -0.494 e. The molecule has 1 aliphatic heterocycles. The third-order valence-corrected chi connectivity index (χ3v) is 5.07. The highest BCUT2D eigenvalue weighted by Crippen LogP contribution is 2.25. The number of ether oxygens (including phenoxy) is 1. The van der Waals surface area contributed by atoms with Crippen LogP contribution < -0.4 is 10.5 Å². The second-order valence-electron chi connectivity index (χ2n) is 7.04. The van der Waals surface area contributed by atoms with Crippen LogP contribution in [-0.4, -0.2) is 40.7 Å². The number of nitrogens with two attached hydrogens (primary N) is 1. The predicted octanol–water partition coefficient (Wildman–Crippen LogP) is 4.00. The summed E-state index contributed by atoms with van der Waals surface area (Å²) in [6.45, 7) is 4.26. The monoisotopic (exact) mass is 368 g/mol. The molecule has 2 heterocycles. The number of imidazole rings is 1. The molecule has 0 atom stereocenters. The number of nitrogens with zero attached hydrogens (tertiary/aromatic N) is 3. The van der Waals surface area contributed by atoms with Crippen LogP contribution in [0.5, 0.6) is 5.75 Å². The Morgan fingerprint density at radius 2 is 1.81 bits per heavy atom. The Morgan fingerprint density at radius 3 is 2.59 bits per heavy atom. The zero-order valence-electron chi connectivity index (χ0n) is 15.4. The van der Waals surface area contributed by atoms with Crippen LogP contribution in [0, 0.1) is 5.82 Å². The molecule has 1 aliphatic rings. The summed E-state index contributed by atoms with van der Waals surface area (Å²) in [4.78, 5) is 6.76.